The van der Waals surface area contributed by atoms with Gasteiger partial charge in [-0.1, -0.05) is 37.8 Å². The maximum Gasteiger partial charge on any atom is 0.227 e. The minimum absolute atomic E-state index is 0.0175. The lowest BCUT2D eigenvalue weighted by atomic mass is 9.99. The summed E-state index contributed by atoms with van der Waals surface area (Å²) in [5.41, 5.74) is 0.650. The Hall–Kier alpha value is -2.02. The van der Waals surface area contributed by atoms with Crippen LogP contribution in [0.25, 0.3) is 0 Å². The number of carbonyl (C=O) groups excluding carboxylic acids is 1. The fraction of sp³-hybridized carbons (Fsp3) is 0.500. The van der Waals surface area contributed by atoms with Gasteiger partial charge in [0.25, 0.3) is 0 Å². The number of ether oxygens (including phenoxy) is 1. The molecule has 1 aliphatic rings. The van der Waals surface area contributed by atoms with E-state index in [0.717, 1.165) is 25.7 Å². The Morgan fingerprint density at radius 1 is 1.25 bits per heavy atom. The number of carbonyl (C=O) groups is 1. The second-order valence-electron chi connectivity index (χ2n) is 5.12. The number of amides is 1. The SMILES string of the molecule is N#CCOc1ccccc1NC(=O)C1CCCCCC1. The molecule has 4 nitrogen and oxygen atoms in total. The summed E-state index contributed by atoms with van der Waals surface area (Å²) in [6.45, 7) is -0.0175. The quantitative estimate of drug-likeness (QED) is 0.853. The highest BCUT2D eigenvalue weighted by Gasteiger charge is 2.20. The molecule has 20 heavy (non-hydrogen) atoms. The summed E-state index contributed by atoms with van der Waals surface area (Å²) < 4.78 is 5.32. The molecule has 0 aromatic heterocycles. The van der Waals surface area contributed by atoms with Crippen LogP contribution in [-0.4, -0.2) is 12.5 Å². The highest BCUT2D eigenvalue weighted by molar-refractivity contribution is 5.93. The minimum Gasteiger partial charge on any atom is -0.477 e. The van der Waals surface area contributed by atoms with Gasteiger partial charge >= 0.3 is 0 Å². The molecule has 106 valence electrons. The van der Waals surface area contributed by atoms with Crippen molar-refractivity contribution < 1.29 is 9.53 Å². The van der Waals surface area contributed by atoms with Crippen LogP contribution in [-0.2, 0) is 4.79 Å². The molecule has 0 aliphatic heterocycles. The van der Waals surface area contributed by atoms with Crippen LogP contribution >= 0.6 is 0 Å². The average molecular weight is 272 g/mol. The second-order valence-corrected chi connectivity index (χ2v) is 5.12. The molecule has 0 radical (unpaired) electrons. The zero-order chi connectivity index (χ0) is 14.2. The fourth-order valence-electron chi connectivity index (χ4n) is 2.58. The number of benzene rings is 1. The summed E-state index contributed by atoms with van der Waals surface area (Å²) in [6, 6.07) is 9.18. The molecular formula is C16H20N2O2. The van der Waals surface area contributed by atoms with Crippen molar-refractivity contribution in [3.05, 3.63) is 24.3 Å². The number of hydrogen-bond donors (Lipinski definition) is 1. The van der Waals surface area contributed by atoms with Crippen LogP contribution < -0.4 is 10.1 Å². The first kappa shape index (κ1) is 14.4. The first-order valence-corrected chi connectivity index (χ1v) is 7.21. The van der Waals surface area contributed by atoms with Gasteiger partial charge in [-0.2, -0.15) is 5.26 Å². The predicted molar refractivity (Wildman–Crippen MR) is 77.4 cm³/mol. The van der Waals surface area contributed by atoms with Crippen molar-refractivity contribution in [2.75, 3.05) is 11.9 Å². The van der Waals surface area contributed by atoms with Crippen LogP contribution in [0.2, 0.25) is 0 Å². The van der Waals surface area contributed by atoms with E-state index in [2.05, 4.69) is 5.32 Å². The van der Waals surface area contributed by atoms with Crippen LogP contribution in [0.1, 0.15) is 38.5 Å². The van der Waals surface area contributed by atoms with Crippen LogP contribution in [0.15, 0.2) is 24.3 Å². The largest absolute Gasteiger partial charge is 0.477 e. The molecular weight excluding hydrogens is 252 g/mol. The molecule has 1 N–H and O–H groups in total. The summed E-state index contributed by atoms with van der Waals surface area (Å²) in [4.78, 5) is 12.3. The van der Waals surface area contributed by atoms with Gasteiger partial charge in [-0.05, 0) is 25.0 Å². The molecule has 2 rings (SSSR count). The molecule has 1 saturated carbocycles. The molecule has 1 aromatic carbocycles. The molecule has 0 bridgehead atoms. The Kier molecular flexibility index (Phi) is 5.43. The third-order valence-corrected chi connectivity index (χ3v) is 3.66. The number of nitriles is 1. The Labute approximate surface area is 119 Å². The molecule has 1 aromatic rings. The van der Waals surface area contributed by atoms with Crippen LogP contribution in [0.5, 0.6) is 5.75 Å². The van der Waals surface area contributed by atoms with Gasteiger partial charge in [0, 0.05) is 5.92 Å². The average Bonchev–Trinajstić information content (AvgIpc) is 2.75. The maximum atomic E-state index is 12.3. The van der Waals surface area contributed by atoms with E-state index in [-0.39, 0.29) is 18.4 Å². The molecule has 1 fully saturated rings. The summed E-state index contributed by atoms with van der Waals surface area (Å²) in [7, 11) is 0. The molecule has 0 saturated heterocycles. The van der Waals surface area contributed by atoms with Gasteiger partial charge in [-0.15, -0.1) is 0 Å². The van der Waals surface area contributed by atoms with Gasteiger partial charge in [0.2, 0.25) is 5.91 Å². The maximum absolute atomic E-state index is 12.3. The highest BCUT2D eigenvalue weighted by atomic mass is 16.5. The van der Waals surface area contributed by atoms with Crippen LogP contribution in [0.4, 0.5) is 5.69 Å². The van der Waals surface area contributed by atoms with Crippen LogP contribution in [0, 0.1) is 17.2 Å². The van der Waals surface area contributed by atoms with Gasteiger partial charge in [0.15, 0.2) is 6.61 Å². The molecule has 1 amide bonds. The first-order valence-electron chi connectivity index (χ1n) is 7.21. The zero-order valence-electron chi connectivity index (χ0n) is 11.6. The van der Waals surface area contributed by atoms with Crippen molar-refractivity contribution in [1.29, 1.82) is 5.26 Å². The van der Waals surface area contributed by atoms with E-state index in [1.165, 1.54) is 12.8 Å². The molecule has 1 aliphatic carbocycles. The van der Waals surface area contributed by atoms with Crippen LogP contribution in [0.3, 0.4) is 0 Å². The van der Waals surface area contributed by atoms with Gasteiger partial charge in [0.05, 0.1) is 5.69 Å². The van der Waals surface area contributed by atoms with Crippen molar-refractivity contribution in [3.63, 3.8) is 0 Å². The van der Waals surface area contributed by atoms with Gasteiger partial charge in [-0.25, -0.2) is 0 Å². The van der Waals surface area contributed by atoms with Crippen molar-refractivity contribution in [2.24, 2.45) is 5.92 Å². The lowest BCUT2D eigenvalue weighted by molar-refractivity contribution is -0.120. The number of hydrogen-bond acceptors (Lipinski definition) is 3. The van der Waals surface area contributed by atoms with Crippen molar-refractivity contribution in [3.8, 4) is 11.8 Å². The number of para-hydroxylation sites is 2. The Bertz CT molecular complexity index is 485. The van der Waals surface area contributed by atoms with Crippen molar-refractivity contribution in [1.82, 2.24) is 0 Å². The standard InChI is InChI=1S/C16H20N2O2/c17-11-12-20-15-10-6-5-9-14(15)18-16(19)13-7-3-1-2-4-8-13/h5-6,9-10,13H,1-4,7-8,12H2,(H,18,19). The van der Waals surface area contributed by atoms with E-state index in [1.807, 2.05) is 18.2 Å². The number of nitrogens with zero attached hydrogens (tertiary/aromatic N) is 1. The van der Waals surface area contributed by atoms with Gasteiger partial charge in [-0.3, -0.25) is 4.79 Å². The van der Waals surface area contributed by atoms with Crippen molar-refractivity contribution >= 4 is 11.6 Å². The van der Waals surface area contributed by atoms with Crippen molar-refractivity contribution in [2.45, 2.75) is 38.5 Å². The fourth-order valence-corrected chi connectivity index (χ4v) is 2.58. The lowest BCUT2D eigenvalue weighted by Gasteiger charge is -2.16. The molecule has 4 heteroatoms. The third kappa shape index (κ3) is 3.99. The third-order valence-electron chi connectivity index (χ3n) is 3.66. The van der Waals surface area contributed by atoms with E-state index in [4.69, 9.17) is 10.00 Å². The monoisotopic (exact) mass is 272 g/mol. The van der Waals surface area contributed by atoms with E-state index in [9.17, 15) is 4.79 Å². The van der Waals surface area contributed by atoms with E-state index in [1.54, 1.807) is 12.1 Å². The number of anilines is 1. The molecule has 0 heterocycles. The summed E-state index contributed by atoms with van der Waals surface area (Å²) in [5.74, 6) is 0.720. The normalized spacial score (nSPS) is 15.9. The topological polar surface area (TPSA) is 62.1 Å². The molecule has 0 atom stereocenters. The number of rotatable bonds is 4. The summed E-state index contributed by atoms with van der Waals surface area (Å²) in [6.07, 6.45) is 6.65. The Balaban J connectivity index is 2.01. The Morgan fingerprint density at radius 3 is 2.65 bits per heavy atom. The predicted octanol–water partition coefficient (Wildman–Crippen LogP) is 3.50. The summed E-state index contributed by atoms with van der Waals surface area (Å²) in [5, 5.41) is 11.5. The lowest BCUT2D eigenvalue weighted by Crippen LogP contribution is -2.22. The Morgan fingerprint density at radius 2 is 1.95 bits per heavy atom. The first-order chi connectivity index (χ1) is 9.81. The van der Waals surface area contributed by atoms with E-state index < -0.39 is 0 Å². The van der Waals surface area contributed by atoms with E-state index >= 15 is 0 Å². The van der Waals surface area contributed by atoms with Gasteiger partial charge < -0.3 is 10.1 Å². The number of nitrogens with one attached hydrogen (secondary N) is 1. The van der Waals surface area contributed by atoms with Gasteiger partial charge in [0.1, 0.15) is 11.8 Å². The zero-order valence-corrected chi connectivity index (χ0v) is 11.6. The molecule has 0 spiro atoms. The second kappa shape index (κ2) is 7.54. The smallest absolute Gasteiger partial charge is 0.227 e. The summed E-state index contributed by atoms with van der Waals surface area (Å²) >= 11 is 0. The highest BCUT2D eigenvalue weighted by Crippen LogP contribution is 2.27. The molecule has 0 unspecified atom stereocenters. The van der Waals surface area contributed by atoms with E-state index in [0.29, 0.717) is 11.4 Å². The minimum atomic E-state index is -0.0175.